The Kier molecular flexibility index (Phi) is 3.40. The van der Waals surface area contributed by atoms with Crippen LogP contribution in [-0.2, 0) is 12.4 Å². The lowest BCUT2D eigenvalue weighted by molar-refractivity contribution is 0.626. The van der Waals surface area contributed by atoms with Gasteiger partial charge < -0.3 is 4.57 Å². The van der Waals surface area contributed by atoms with Crippen molar-refractivity contribution in [1.29, 1.82) is 0 Å². The van der Waals surface area contributed by atoms with Crippen molar-refractivity contribution in [2.75, 3.05) is 0 Å². The van der Waals surface area contributed by atoms with E-state index in [1.54, 1.807) is 12.1 Å². The van der Waals surface area contributed by atoms with E-state index in [0.717, 1.165) is 28.2 Å². The quantitative estimate of drug-likeness (QED) is 0.689. The van der Waals surface area contributed by atoms with E-state index in [-0.39, 0.29) is 5.82 Å². The molecule has 0 aliphatic rings. The van der Waals surface area contributed by atoms with Gasteiger partial charge in [-0.25, -0.2) is 14.4 Å². The number of hydrogen-bond donors (Lipinski definition) is 0. The molecule has 0 radical (unpaired) electrons. The summed E-state index contributed by atoms with van der Waals surface area (Å²) in [6, 6.07) is 10.3. The molecule has 0 amide bonds. The minimum absolute atomic E-state index is 0.240. The number of pyridine rings is 1. The Bertz CT molecular complexity index is 750. The number of benzene rings is 1. The van der Waals surface area contributed by atoms with Crippen molar-refractivity contribution < 1.29 is 4.39 Å². The average molecular weight is 290 g/mol. The molecule has 2 aromatic heterocycles. The summed E-state index contributed by atoms with van der Waals surface area (Å²) < 4.78 is 14.9. The molecule has 2 heterocycles. The second kappa shape index (κ2) is 5.21. The molecule has 0 bridgehead atoms. The van der Waals surface area contributed by atoms with Gasteiger partial charge in [-0.3, -0.25) is 0 Å². The topological polar surface area (TPSA) is 30.7 Å². The van der Waals surface area contributed by atoms with Gasteiger partial charge in [0.05, 0.1) is 12.4 Å². The first-order valence-electron chi connectivity index (χ1n) is 6.30. The van der Waals surface area contributed by atoms with Crippen molar-refractivity contribution >= 4 is 22.8 Å². The third kappa shape index (κ3) is 2.39. The predicted octanol–water partition coefficient (Wildman–Crippen LogP) is 3.67. The first kappa shape index (κ1) is 13.1. The van der Waals surface area contributed by atoms with Gasteiger partial charge >= 0.3 is 0 Å². The number of halogens is 2. The molecule has 0 fully saturated rings. The molecule has 0 spiro atoms. The standard InChI is InChI=1S/C15H13ClFN3/c1-10-2-7-13-15(18-10)20(14(8-16)19-13)9-11-3-5-12(17)6-4-11/h2-7H,8-9H2,1H3. The van der Waals surface area contributed by atoms with E-state index >= 15 is 0 Å². The minimum atomic E-state index is -0.240. The van der Waals surface area contributed by atoms with Gasteiger partial charge in [0.25, 0.3) is 0 Å². The molecular formula is C15H13ClFN3. The Morgan fingerprint density at radius 2 is 1.85 bits per heavy atom. The maximum absolute atomic E-state index is 13.0. The molecule has 0 saturated carbocycles. The highest BCUT2D eigenvalue weighted by Gasteiger charge is 2.11. The maximum atomic E-state index is 13.0. The summed E-state index contributed by atoms with van der Waals surface area (Å²) in [5.74, 6) is 0.844. The van der Waals surface area contributed by atoms with Gasteiger partial charge in [-0.15, -0.1) is 11.6 Å². The second-order valence-electron chi connectivity index (χ2n) is 4.67. The molecule has 0 atom stereocenters. The first-order valence-corrected chi connectivity index (χ1v) is 6.84. The largest absolute Gasteiger partial charge is 0.307 e. The van der Waals surface area contributed by atoms with E-state index in [0.29, 0.717) is 12.4 Å². The van der Waals surface area contributed by atoms with Crippen LogP contribution in [-0.4, -0.2) is 14.5 Å². The Morgan fingerprint density at radius 3 is 2.55 bits per heavy atom. The molecule has 3 aromatic rings. The highest BCUT2D eigenvalue weighted by molar-refractivity contribution is 6.16. The lowest BCUT2D eigenvalue weighted by atomic mass is 10.2. The minimum Gasteiger partial charge on any atom is -0.307 e. The van der Waals surface area contributed by atoms with Gasteiger partial charge in [0.1, 0.15) is 17.2 Å². The first-order chi connectivity index (χ1) is 9.67. The molecular weight excluding hydrogens is 277 g/mol. The van der Waals surface area contributed by atoms with Gasteiger partial charge in [-0.2, -0.15) is 0 Å². The molecule has 3 rings (SSSR count). The van der Waals surface area contributed by atoms with Crippen molar-refractivity contribution in [3.8, 4) is 0 Å². The number of hydrogen-bond acceptors (Lipinski definition) is 2. The van der Waals surface area contributed by atoms with Crippen molar-refractivity contribution in [2.45, 2.75) is 19.3 Å². The smallest absolute Gasteiger partial charge is 0.160 e. The van der Waals surface area contributed by atoms with Gasteiger partial charge in [-0.1, -0.05) is 12.1 Å². The van der Waals surface area contributed by atoms with Crippen LogP contribution in [0.5, 0.6) is 0 Å². The van der Waals surface area contributed by atoms with Crippen LogP contribution in [0.2, 0.25) is 0 Å². The lowest BCUT2D eigenvalue weighted by Crippen LogP contribution is -2.05. The summed E-state index contributed by atoms with van der Waals surface area (Å²) in [6.45, 7) is 2.52. The zero-order valence-electron chi connectivity index (χ0n) is 11.0. The SMILES string of the molecule is Cc1ccc2nc(CCl)n(Cc3ccc(F)cc3)c2n1. The number of nitrogens with zero attached hydrogens (tertiary/aromatic N) is 3. The Balaban J connectivity index is 2.08. The number of imidazole rings is 1. The third-order valence-electron chi connectivity index (χ3n) is 3.18. The summed E-state index contributed by atoms with van der Waals surface area (Å²) >= 11 is 5.96. The summed E-state index contributed by atoms with van der Waals surface area (Å²) in [6.07, 6.45) is 0. The van der Waals surface area contributed by atoms with Crippen molar-refractivity contribution in [2.24, 2.45) is 0 Å². The normalized spacial score (nSPS) is 11.2. The molecule has 1 aromatic carbocycles. The van der Waals surface area contributed by atoms with Crippen molar-refractivity contribution in [3.63, 3.8) is 0 Å². The fraction of sp³-hybridized carbons (Fsp3) is 0.200. The third-order valence-corrected chi connectivity index (χ3v) is 3.42. The second-order valence-corrected chi connectivity index (χ2v) is 4.94. The number of aryl methyl sites for hydroxylation is 1. The van der Waals surface area contributed by atoms with E-state index < -0.39 is 0 Å². The Hall–Kier alpha value is -1.94. The van der Waals surface area contributed by atoms with Crippen molar-refractivity contribution in [1.82, 2.24) is 14.5 Å². The summed E-state index contributed by atoms with van der Waals surface area (Å²) in [5, 5.41) is 0. The van der Waals surface area contributed by atoms with Crippen LogP contribution in [0, 0.1) is 12.7 Å². The fourth-order valence-corrected chi connectivity index (χ4v) is 2.39. The van der Waals surface area contributed by atoms with Crippen LogP contribution in [0.25, 0.3) is 11.2 Å². The summed E-state index contributed by atoms with van der Waals surface area (Å²) in [4.78, 5) is 9.01. The maximum Gasteiger partial charge on any atom is 0.160 e. The molecule has 5 heteroatoms. The van der Waals surface area contributed by atoms with Crippen LogP contribution >= 0.6 is 11.6 Å². The zero-order chi connectivity index (χ0) is 14.1. The molecule has 0 unspecified atom stereocenters. The molecule has 0 N–H and O–H groups in total. The molecule has 102 valence electrons. The monoisotopic (exact) mass is 289 g/mol. The van der Waals surface area contributed by atoms with E-state index in [1.807, 2.05) is 23.6 Å². The van der Waals surface area contributed by atoms with Gasteiger partial charge in [0.2, 0.25) is 0 Å². The van der Waals surface area contributed by atoms with Crippen molar-refractivity contribution in [3.05, 3.63) is 59.3 Å². The van der Waals surface area contributed by atoms with Crippen LogP contribution in [0.4, 0.5) is 4.39 Å². The summed E-state index contributed by atoms with van der Waals surface area (Å²) in [7, 11) is 0. The number of aromatic nitrogens is 3. The molecule has 20 heavy (non-hydrogen) atoms. The van der Waals surface area contributed by atoms with E-state index in [1.165, 1.54) is 12.1 Å². The number of rotatable bonds is 3. The molecule has 0 aliphatic heterocycles. The average Bonchev–Trinajstić information content (AvgIpc) is 2.79. The van der Waals surface area contributed by atoms with Gasteiger partial charge in [0, 0.05) is 5.69 Å². The predicted molar refractivity (Wildman–Crippen MR) is 77.3 cm³/mol. The molecule has 0 saturated heterocycles. The molecule has 0 aliphatic carbocycles. The van der Waals surface area contributed by atoms with Gasteiger partial charge in [-0.05, 0) is 36.8 Å². The van der Waals surface area contributed by atoms with Crippen LogP contribution in [0.1, 0.15) is 17.1 Å². The lowest BCUT2D eigenvalue weighted by Gasteiger charge is -2.07. The van der Waals surface area contributed by atoms with Crippen LogP contribution < -0.4 is 0 Å². The van der Waals surface area contributed by atoms with E-state index in [2.05, 4.69) is 9.97 Å². The van der Waals surface area contributed by atoms with E-state index in [4.69, 9.17) is 11.6 Å². The number of alkyl halides is 1. The summed E-state index contributed by atoms with van der Waals surface area (Å²) in [5.41, 5.74) is 3.55. The zero-order valence-corrected chi connectivity index (χ0v) is 11.7. The molecule has 3 nitrogen and oxygen atoms in total. The highest BCUT2D eigenvalue weighted by Crippen LogP contribution is 2.18. The highest BCUT2D eigenvalue weighted by atomic mass is 35.5. The van der Waals surface area contributed by atoms with Crippen LogP contribution in [0.15, 0.2) is 36.4 Å². The van der Waals surface area contributed by atoms with E-state index in [9.17, 15) is 4.39 Å². The fourth-order valence-electron chi connectivity index (χ4n) is 2.18. The van der Waals surface area contributed by atoms with Gasteiger partial charge in [0.15, 0.2) is 5.65 Å². The Morgan fingerprint density at radius 1 is 1.10 bits per heavy atom. The number of fused-ring (bicyclic) bond motifs is 1. The Labute approximate surface area is 121 Å². The van der Waals surface area contributed by atoms with Crippen LogP contribution in [0.3, 0.4) is 0 Å².